The van der Waals surface area contributed by atoms with Gasteiger partial charge in [-0.25, -0.2) is 4.79 Å². The second-order valence-corrected chi connectivity index (χ2v) is 4.67. The number of halogens is 3. The van der Waals surface area contributed by atoms with Gasteiger partial charge in [-0.3, -0.25) is 0 Å². The van der Waals surface area contributed by atoms with Gasteiger partial charge < -0.3 is 14.7 Å². The van der Waals surface area contributed by atoms with Crippen molar-refractivity contribution < 1.29 is 27.8 Å². The minimum Gasteiger partial charge on any atom is -0.445 e. The maximum Gasteiger partial charge on any atom is 0.418 e. The number of amides is 1. The van der Waals surface area contributed by atoms with E-state index in [0.717, 1.165) is 12.6 Å². The molecule has 0 saturated heterocycles. The Morgan fingerprint density at radius 3 is 2.35 bits per heavy atom. The normalized spacial score (nSPS) is 14.5. The van der Waals surface area contributed by atoms with Gasteiger partial charge in [-0.15, -0.1) is 0 Å². The van der Waals surface area contributed by atoms with E-state index in [1.54, 1.807) is 30.3 Å². The summed E-state index contributed by atoms with van der Waals surface area (Å²) in [6, 6.07) is 8.74. The van der Waals surface area contributed by atoms with Gasteiger partial charge in [0.2, 0.25) is 0 Å². The van der Waals surface area contributed by atoms with Gasteiger partial charge >= 0.3 is 12.3 Å². The molecule has 112 valence electrons. The molecule has 0 aliphatic rings. The lowest BCUT2D eigenvalue weighted by Crippen LogP contribution is -2.51. The Labute approximate surface area is 114 Å². The van der Waals surface area contributed by atoms with Crippen LogP contribution in [0.3, 0.4) is 0 Å². The lowest BCUT2D eigenvalue weighted by Gasteiger charge is -2.30. The molecule has 0 spiro atoms. The van der Waals surface area contributed by atoms with E-state index in [1.165, 1.54) is 0 Å². The molecule has 0 saturated carbocycles. The summed E-state index contributed by atoms with van der Waals surface area (Å²) in [7, 11) is 1.13. The second-order valence-electron chi connectivity index (χ2n) is 4.67. The van der Waals surface area contributed by atoms with E-state index in [0.29, 0.717) is 11.8 Å². The van der Waals surface area contributed by atoms with Crippen molar-refractivity contribution in [2.45, 2.75) is 25.3 Å². The minimum absolute atomic E-state index is 0.0435. The van der Waals surface area contributed by atoms with Gasteiger partial charge in [-0.05, 0) is 12.5 Å². The Morgan fingerprint density at radius 1 is 1.30 bits per heavy atom. The Morgan fingerprint density at radius 2 is 1.85 bits per heavy atom. The van der Waals surface area contributed by atoms with Crippen LogP contribution >= 0.6 is 0 Å². The average Bonchev–Trinajstić information content (AvgIpc) is 2.35. The summed E-state index contributed by atoms with van der Waals surface area (Å²) in [6.45, 7) is -0.337. The van der Waals surface area contributed by atoms with Gasteiger partial charge in [-0.2, -0.15) is 13.2 Å². The highest BCUT2D eigenvalue weighted by atomic mass is 19.4. The molecule has 0 aromatic heterocycles. The van der Waals surface area contributed by atoms with Crippen LogP contribution in [0.15, 0.2) is 30.3 Å². The molecule has 0 bridgehead atoms. The number of rotatable bonds is 4. The minimum atomic E-state index is -4.82. The summed E-state index contributed by atoms with van der Waals surface area (Å²) in [4.78, 5) is 12.2. The number of carbonyl (C=O) groups excluding carboxylic acids is 1. The molecular formula is C13H16F3NO3. The van der Waals surface area contributed by atoms with E-state index in [2.05, 4.69) is 0 Å². The third kappa shape index (κ3) is 4.41. The maximum atomic E-state index is 12.5. The number of alkyl halides is 3. The summed E-state index contributed by atoms with van der Waals surface area (Å²) < 4.78 is 42.3. The van der Waals surface area contributed by atoms with Crippen LogP contribution in [0.1, 0.15) is 12.5 Å². The molecule has 1 atom stereocenters. The van der Waals surface area contributed by atoms with Crippen LogP contribution in [0.2, 0.25) is 0 Å². The first kappa shape index (κ1) is 16.3. The maximum absolute atomic E-state index is 12.5. The smallest absolute Gasteiger partial charge is 0.418 e. The highest BCUT2D eigenvalue weighted by Gasteiger charge is 2.51. The molecule has 4 nitrogen and oxygen atoms in total. The molecule has 0 heterocycles. The number of nitrogens with zero attached hydrogens (tertiary/aromatic N) is 1. The highest BCUT2D eigenvalue weighted by molar-refractivity contribution is 5.67. The largest absolute Gasteiger partial charge is 0.445 e. The molecule has 1 N–H and O–H groups in total. The summed E-state index contributed by atoms with van der Waals surface area (Å²) in [6.07, 6.45) is -5.75. The first-order chi connectivity index (χ1) is 9.13. The van der Waals surface area contributed by atoms with Crippen molar-refractivity contribution in [3.63, 3.8) is 0 Å². The number of hydrogen-bond acceptors (Lipinski definition) is 3. The fraction of sp³-hybridized carbons (Fsp3) is 0.462. The van der Waals surface area contributed by atoms with Crippen molar-refractivity contribution in [3.05, 3.63) is 35.9 Å². The van der Waals surface area contributed by atoms with Crippen molar-refractivity contribution in [2.75, 3.05) is 13.6 Å². The van der Waals surface area contributed by atoms with Crippen molar-refractivity contribution in [3.8, 4) is 0 Å². The molecule has 0 aliphatic heterocycles. The van der Waals surface area contributed by atoms with Gasteiger partial charge in [0.1, 0.15) is 6.61 Å². The quantitative estimate of drug-likeness (QED) is 0.927. The summed E-state index contributed by atoms with van der Waals surface area (Å²) >= 11 is 0. The molecule has 0 radical (unpaired) electrons. The number of ether oxygens (including phenoxy) is 1. The fourth-order valence-corrected chi connectivity index (χ4v) is 1.45. The van der Waals surface area contributed by atoms with Crippen molar-refractivity contribution in [1.29, 1.82) is 0 Å². The zero-order valence-electron chi connectivity index (χ0n) is 11.1. The molecule has 7 heteroatoms. The Bertz CT molecular complexity index is 446. The predicted octanol–water partition coefficient (Wildman–Crippen LogP) is 2.57. The van der Waals surface area contributed by atoms with Gasteiger partial charge in [0.05, 0.1) is 6.54 Å². The summed E-state index contributed by atoms with van der Waals surface area (Å²) in [5.74, 6) is 0. The van der Waals surface area contributed by atoms with E-state index >= 15 is 0 Å². The first-order valence-corrected chi connectivity index (χ1v) is 5.84. The summed E-state index contributed by atoms with van der Waals surface area (Å²) in [5.41, 5.74) is -2.26. The standard InChI is InChI=1S/C13H16F3NO3/c1-12(19,13(14,15)16)9-17(2)11(18)20-8-10-6-4-3-5-7-10/h3-7,19H,8-9H2,1-2H3. The average molecular weight is 291 g/mol. The fourth-order valence-electron chi connectivity index (χ4n) is 1.45. The van der Waals surface area contributed by atoms with Gasteiger partial charge in [0.15, 0.2) is 5.60 Å². The number of benzene rings is 1. The Hall–Kier alpha value is -1.76. The van der Waals surface area contributed by atoms with Crippen molar-refractivity contribution >= 4 is 6.09 Å². The molecule has 1 rings (SSSR count). The molecule has 20 heavy (non-hydrogen) atoms. The Kier molecular flexibility index (Phi) is 4.99. The van der Waals surface area contributed by atoms with Crippen LogP contribution in [0, 0.1) is 0 Å². The second kappa shape index (κ2) is 6.13. The lowest BCUT2D eigenvalue weighted by atomic mass is 10.1. The lowest BCUT2D eigenvalue weighted by molar-refractivity contribution is -0.255. The van der Waals surface area contributed by atoms with Crippen LogP contribution < -0.4 is 0 Å². The molecule has 1 unspecified atom stereocenters. The van der Waals surface area contributed by atoms with Crippen LogP contribution in [-0.2, 0) is 11.3 Å². The van der Waals surface area contributed by atoms with Crippen LogP contribution in [0.4, 0.5) is 18.0 Å². The monoisotopic (exact) mass is 291 g/mol. The SMILES string of the molecule is CN(CC(C)(O)C(F)(F)F)C(=O)OCc1ccccc1. The zero-order valence-corrected chi connectivity index (χ0v) is 11.1. The molecule has 1 amide bonds. The molecule has 1 aromatic rings. The highest BCUT2D eigenvalue weighted by Crippen LogP contribution is 2.30. The number of hydrogen-bond donors (Lipinski definition) is 1. The number of likely N-dealkylation sites (N-methyl/N-ethyl adjacent to an activating group) is 1. The third-order valence-electron chi connectivity index (χ3n) is 2.67. The zero-order chi connectivity index (χ0) is 15.4. The number of aliphatic hydroxyl groups is 1. The number of carbonyl (C=O) groups is 1. The van der Waals surface area contributed by atoms with E-state index < -0.39 is 24.4 Å². The van der Waals surface area contributed by atoms with Crippen LogP contribution in [0.25, 0.3) is 0 Å². The van der Waals surface area contributed by atoms with Crippen LogP contribution in [0.5, 0.6) is 0 Å². The van der Waals surface area contributed by atoms with Gasteiger partial charge in [0, 0.05) is 7.05 Å². The van der Waals surface area contributed by atoms with E-state index in [9.17, 15) is 23.1 Å². The topological polar surface area (TPSA) is 49.8 Å². The predicted molar refractivity (Wildman–Crippen MR) is 65.9 cm³/mol. The Balaban J connectivity index is 2.52. The van der Waals surface area contributed by atoms with Crippen LogP contribution in [-0.4, -0.2) is 41.5 Å². The first-order valence-electron chi connectivity index (χ1n) is 5.84. The molecule has 0 aliphatic carbocycles. The van der Waals surface area contributed by atoms with Gasteiger partial charge in [0.25, 0.3) is 0 Å². The molecule has 1 aromatic carbocycles. The molecule has 0 fully saturated rings. The van der Waals surface area contributed by atoms with E-state index in [-0.39, 0.29) is 6.61 Å². The molecular weight excluding hydrogens is 275 g/mol. The van der Waals surface area contributed by atoms with E-state index in [1.807, 2.05) is 0 Å². The third-order valence-corrected chi connectivity index (χ3v) is 2.67. The summed E-state index contributed by atoms with van der Waals surface area (Å²) in [5, 5.41) is 9.28. The van der Waals surface area contributed by atoms with Crippen molar-refractivity contribution in [2.24, 2.45) is 0 Å². The van der Waals surface area contributed by atoms with Crippen molar-refractivity contribution in [1.82, 2.24) is 4.90 Å². The van der Waals surface area contributed by atoms with E-state index in [4.69, 9.17) is 4.74 Å². The van der Waals surface area contributed by atoms with Gasteiger partial charge in [-0.1, -0.05) is 30.3 Å².